The fraction of sp³-hybridized carbons (Fsp3) is 0.462. The van der Waals surface area contributed by atoms with Crippen LogP contribution in [0, 0.1) is 5.82 Å². The normalized spacial score (nSPS) is 10.7. The molecule has 1 rings (SSSR count). The Hall–Kier alpha value is -0.900. The molecule has 4 heteroatoms. The van der Waals surface area contributed by atoms with E-state index in [4.69, 9.17) is 0 Å². The lowest BCUT2D eigenvalue weighted by atomic mass is 10.1. The van der Waals surface area contributed by atoms with Crippen molar-refractivity contribution in [2.24, 2.45) is 0 Å². The number of rotatable bonds is 4. The minimum atomic E-state index is -0.484. The van der Waals surface area contributed by atoms with Gasteiger partial charge in [0.25, 0.3) is 5.91 Å². The molecule has 2 nitrogen and oxygen atoms in total. The third kappa shape index (κ3) is 3.06. The van der Waals surface area contributed by atoms with E-state index < -0.39 is 5.82 Å². The number of carbonyl (C=O) groups excluding carboxylic acids is 1. The van der Waals surface area contributed by atoms with Gasteiger partial charge in [-0.05, 0) is 40.9 Å². The summed E-state index contributed by atoms with van der Waals surface area (Å²) < 4.78 is 14.2. The van der Waals surface area contributed by atoms with Gasteiger partial charge >= 0.3 is 0 Å². The average Bonchev–Trinajstić information content (AvgIpc) is 2.30. The Morgan fingerprint density at radius 2 is 2.00 bits per heavy atom. The largest absolute Gasteiger partial charge is 0.339 e. The molecule has 0 fully saturated rings. The summed E-state index contributed by atoms with van der Waals surface area (Å²) in [7, 11) is 1.72. The molecule has 1 amide bonds. The summed E-state index contributed by atoms with van der Waals surface area (Å²) in [5.41, 5.74) is 0.113. The zero-order valence-electron chi connectivity index (χ0n) is 10.3. The van der Waals surface area contributed by atoms with Gasteiger partial charge < -0.3 is 4.90 Å². The van der Waals surface area contributed by atoms with Gasteiger partial charge in [0.2, 0.25) is 0 Å². The molecule has 94 valence electrons. The third-order valence-corrected chi connectivity index (χ3v) is 3.65. The van der Waals surface area contributed by atoms with Crippen LogP contribution in [0.15, 0.2) is 22.7 Å². The maximum Gasteiger partial charge on any atom is 0.257 e. The molecule has 0 spiro atoms. The van der Waals surface area contributed by atoms with E-state index in [0.717, 1.165) is 12.8 Å². The minimum absolute atomic E-state index is 0.113. The molecule has 0 aromatic heterocycles. The topological polar surface area (TPSA) is 20.3 Å². The van der Waals surface area contributed by atoms with E-state index in [1.165, 1.54) is 6.07 Å². The van der Waals surface area contributed by atoms with Gasteiger partial charge in [0.1, 0.15) is 5.82 Å². The van der Waals surface area contributed by atoms with Gasteiger partial charge in [-0.1, -0.05) is 19.9 Å². The van der Waals surface area contributed by atoms with Crippen molar-refractivity contribution in [2.45, 2.75) is 32.7 Å². The maximum atomic E-state index is 13.7. The Morgan fingerprint density at radius 3 is 2.47 bits per heavy atom. The second-order valence-electron chi connectivity index (χ2n) is 3.98. The maximum absolute atomic E-state index is 13.7. The summed E-state index contributed by atoms with van der Waals surface area (Å²) >= 11 is 3.22. The van der Waals surface area contributed by atoms with E-state index in [0.29, 0.717) is 4.47 Å². The highest BCUT2D eigenvalue weighted by Gasteiger charge is 2.23. The van der Waals surface area contributed by atoms with Crippen molar-refractivity contribution >= 4 is 21.8 Å². The number of hydrogen-bond acceptors (Lipinski definition) is 1. The summed E-state index contributed by atoms with van der Waals surface area (Å²) in [6.07, 6.45) is 1.73. The highest BCUT2D eigenvalue weighted by molar-refractivity contribution is 9.10. The Bertz CT molecular complexity index is 384. The van der Waals surface area contributed by atoms with Crippen LogP contribution in [-0.4, -0.2) is 23.9 Å². The monoisotopic (exact) mass is 301 g/mol. The first-order chi connectivity index (χ1) is 8.02. The summed E-state index contributed by atoms with van der Waals surface area (Å²) in [5.74, 6) is -0.758. The van der Waals surface area contributed by atoms with Gasteiger partial charge in [0, 0.05) is 17.6 Å². The van der Waals surface area contributed by atoms with E-state index in [9.17, 15) is 9.18 Å². The quantitative estimate of drug-likeness (QED) is 0.827. The SMILES string of the molecule is CCC(CC)N(C)C(=O)c1c(F)cccc1Br. The zero-order valence-corrected chi connectivity index (χ0v) is 11.9. The smallest absolute Gasteiger partial charge is 0.257 e. The van der Waals surface area contributed by atoms with Crippen molar-refractivity contribution in [1.82, 2.24) is 4.90 Å². The Kier molecular flexibility index (Phi) is 5.12. The van der Waals surface area contributed by atoms with Crippen LogP contribution in [-0.2, 0) is 0 Å². The van der Waals surface area contributed by atoms with E-state index in [1.54, 1.807) is 24.1 Å². The van der Waals surface area contributed by atoms with Gasteiger partial charge in [0.15, 0.2) is 0 Å². The second kappa shape index (κ2) is 6.15. The summed E-state index contributed by atoms with van der Waals surface area (Å²) in [6, 6.07) is 4.71. The van der Waals surface area contributed by atoms with E-state index >= 15 is 0 Å². The molecule has 17 heavy (non-hydrogen) atoms. The molecule has 0 heterocycles. The fourth-order valence-corrected chi connectivity index (χ4v) is 2.39. The lowest BCUT2D eigenvalue weighted by Crippen LogP contribution is -2.36. The van der Waals surface area contributed by atoms with E-state index in [2.05, 4.69) is 15.9 Å². The number of amides is 1. The lowest BCUT2D eigenvalue weighted by Gasteiger charge is -2.26. The number of carbonyl (C=O) groups is 1. The summed E-state index contributed by atoms with van der Waals surface area (Å²) in [6.45, 7) is 4.04. The molecule has 1 aromatic rings. The minimum Gasteiger partial charge on any atom is -0.339 e. The molecule has 1 aromatic carbocycles. The number of halogens is 2. The highest BCUT2D eigenvalue weighted by Crippen LogP contribution is 2.22. The zero-order chi connectivity index (χ0) is 13.0. The van der Waals surface area contributed by atoms with Gasteiger partial charge in [-0.3, -0.25) is 4.79 Å². The summed E-state index contributed by atoms with van der Waals surface area (Å²) in [5, 5.41) is 0. The molecular weight excluding hydrogens is 285 g/mol. The van der Waals surface area contributed by atoms with Crippen molar-refractivity contribution in [3.8, 4) is 0 Å². The van der Waals surface area contributed by atoms with Crippen LogP contribution in [0.4, 0.5) is 4.39 Å². The standard InChI is InChI=1S/C13H17BrFNO/c1-4-9(5-2)16(3)13(17)12-10(14)7-6-8-11(12)15/h6-9H,4-5H2,1-3H3. The lowest BCUT2D eigenvalue weighted by molar-refractivity contribution is 0.0718. The first-order valence-electron chi connectivity index (χ1n) is 5.74. The van der Waals surface area contributed by atoms with Gasteiger partial charge in [-0.2, -0.15) is 0 Å². The van der Waals surface area contributed by atoms with Crippen LogP contribution >= 0.6 is 15.9 Å². The van der Waals surface area contributed by atoms with Crippen molar-refractivity contribution in [3.05, 3.63) is 34.1 Å². The molecule has 0 unspecified atom stereocenters. The van der Waals surface area contributed by atoms with Crippen molar-refractivity contribution in [3.63, 3.8) is 0 Å². The molecule has 0 bridgehead atoms. The first kappa shape index (κ1) is 14.2. The predicted octanol–water partition coefficient (Wildman–Crippen LogP) is 3.85. The van der Waals surface area contributed by atoms with E-state index in [-0.39, 0.29) is 17.5 Å². The Morgan fingerprint density at radius 1 is 1.41 bits per heavy atom. The van der Waals surface area contributed by atoms with Gasteiger partial charge in [-0.25, -0.2) is 4.39 Å². The van der Waals surface area contributed by atoms with Crippen LogP contribution < -0.4 is 0 Å². The molecule has 0 saturated carbocycles. The molecule has 0 N–H and O–H groups in total. The van der Waals surface area contributed by atoms with Crippen LogP contribution in [0.25, 0.3) is 0 Å². The number of hydrogen-bond donors (Lipinski definition) is 0. The van der Waals surface area contributed by atoms with Gasteiger partial charge in [0.05, 0.1) is 5.56 Å². The van der Waals surface area contributed by atoms with Crippen LogP contribution in [0.1, 0.15) is 37.0 Å². The van der Waals surface area contributed by atoms with E-state index in [1.807, 2.05) is 13.8 Å². The fourth-order valence-electron chi connectivity index (χ4n) is 1.88. The highest BCUT2D eigenvalue weighted by atomic mass is 79.9. The second-order valence-corrected chi connectivity index (χ2v) is 4.84. The van der Waals surface area contributed by atoms with Crippen molar-refractivity contribution < 1.29 is 9.18 Å². The van der Waals surface area contributed by atoms with Gasteiger partial charge in [-0.15, -0.1) is 0 Å². The predicted molar refractivity (Wildman–Crippen MR) is 70.6 cm³/mol. The molecule has 0 aliphatic heterocycles. The molecule has 0 atom stereocenters. The molecular formula is C13H17BrFNO. The molecule has 0 aliphatic carbocycles. The summed E-state index contributed by atoms with van der Waals surface area (Å²) in [4.78, 5) is 13.8. The van der Waals surface area contributed by atoms with Crippen LogP contribution in [0.5, 0.6) is 0 Å². The average molecular weight is 302 g/mol. The third-order valence-electron chi connectivity index (χ3n) is 2.99. The van der Waals surface area contributed by atoms with Crippen molar-refractivity contribution in [2.75, 3.05) is 7.05 Å². The molecule has 0 radical (unpaired) electrons. The molecule has 0 saturated heterocycles. The van der Waals surface area contributed by atoms with Crippen LogP contribution in [0.2, 0.25) is 0 Å². The van der Waals surface area contributed by atoms with Crippen LogP contribution in [0.3, 0.4) is 0 Å². The molecule has 0 aliphatic rings. The first-order valence-corrected chi connectivity index (χ1v) is 6.53. The Labute approximate surface area is 110 Å². The number of benzene rings is 1. The Balaban J connectivity index is 3.04. The number of nitrogens with zero attached hydrogens (tertiary/aromatic N) is 1. The van der Waals surface area contributed by atoms with Crippen molar-refractivity contribution in [1.29, 1.82) is 0 Å².